The van der Waals surface area contributed by atoms with Gasteiger partial charge in [-0.05, 0) is 33.6 Å². The van der Waals surface area contributed by atoms with Gasteiger partial charge in [-0.3, -0.25) is 0 Å². The molecule has 3 rings (SSSR count). The van der Waals surface area contributed by atoms with Crippen LogP contribution in [0.4, 0.5) is 10.7 Å². The number of nitrogens with one attached hydrogen (secondary N) is 1. The first-order chi connectivity index (χ1) is 12.4. The van der Waals surface area contributed by atoms with Crippen molar-refractivity contribution in [1.82, 2.24) is 24.4 Å². The molecule has 3 heterocycles. The number of hydrogen-bond donors (Lipinski definition) is 2. The summed E-state index contributed by atoms with van der Waals surface area (Å²) in [6.45, 7) is 7.14. The van der Waals surface area contributed by atoms with Gasteiger partial charge in [-0.25, -0.2) is 19.7 Å². The number of imidazole rings is 1. The van der Waals surface area contributed by atoms with Gasteiger partial charge >= 0.3 is 6.09 Å². The lowest BCUT2D eigenvalue weighted by atomic mass is 10.1. The highest BCUT2D eigenvalue weighted by atomic mass is 35.5. The normalized spacial score (nSPS) is 15.5. The van der Waals surface area contributed by atoms with E-state index in [0.29, 0.717) is 29.8 Å². The Labute approximate surface area is 157 Å². The molecule has 1 aliphatic rings. The second-order valence-corrected chi connectivity index (χ2v) is 7.14. The lowest BCUT2D eigenvalue weighted by molar-refractivity contribution is 0.133. The zero-order valence-corrected chi connectivity index (χ0v) is 15.9. The van der Waals surface area contributed by atoms with Gasteiger partial charge < -0.3 is 19.9 Å². The number of aromatic nitrogens is 4. The Balaban J connectivity index is 1.80. The number of rotatable bonds is 4. The van der Waals surface area contributed by atoms with E-state index in [1.807, 2.05) is 6.92 Å². The van der Waals surface area contributed by atoms with Crippen LogP contribution in [0.25, 0.3) is 11.4 Å². The minimum Gasteiger partial charge on any atom is -0.465 e. The molecular formula is C17H23ClN6O2. The Morgan fingerprint density at radius 2 is 2.00 bits per heavy atom. The van der Waals surface area contributed by atoms with Crippen LogP contribution in [0.15, 0.2) is 12.4 Å². The monoisotopic (exact) mass is 378 g/mol. The number of piperidine rings is 1. The highest BCUT2D eigenvalue weighted by Gasteiger charge is 2.23. The van der Waals surface area contributed by atoms with Crippen LogP contribution in [0.2, 0.25) is 5.02 Å². The highest BCUT2D eigenvalue weighted by molar-refractivity contribution is 6.32. The molecule has 26 heavy (non-hydrogen) atoms. The molecule has 8 nitrogen and oxygen atoms in total. The van der Waals surface area contributed by atoms with E-state index in [1.54, 1.807) is 12.4 Å². The zero-order chi connectivity index (χ0) is 18.8. The number of hydrogen-bond acceptors (Lipinski definition) is 5. The molecule has 140 valence electrons. The van der Waals surface area contributed by atoms with E-state index >= 15 is 0 Å². The summed E-state index contributed by atoms with van der Waals surface area (Å²) in [5.74, 6) is 1.40. The molecule has 1 fully saturated rings. The van der Waals surface area contributed by atoms with Crippen LogP contribution in [0.5, 0.6) is 0 Å². The molecule has 0 spiro atoms. The fourth-order valence-corrected chi connectivity index (χ4v) is 3.48. The molecule has 0 radical (unpaired) electrons. The molecule has 2 aromatic heterocycles. The van der Waals surface area contributed by atoms with Crippen LogP contribution in [0.1, 0.15) is 38.6 Å². The highest BCUT2D eigenvalue weighted by Crippen LogP contribution is 2.29. The standard InChI is InChI=1S/C17H23ClN6O2/c1-10(2)24-11(3)19-9-14(24)15-13(18)8-20-16(22-15)21-12-4-6-23(7-5-12)17(25)26/h8-10,12H,4-7H2,1-3H3,(H,25,26)(H,20,21,22). The van der Waals surface area contributed by atoms with Gasteiger partial charge in [0.2, 0.25) is 5.95 Å². The third kappa shape index (κ3) is 3.75. The van der Waals surface area contributed by atoms with E-state index in [9.17, 15) is 4.79 Å². The van der Waals surface area contributed by atoms with Gasteiger partial charge in [-0.2, -0.15) is 0 Å². The van der Waals surface area contributed by atoms with Crippen LogP contribution in [-0.2, 0) is 0 Å². The number of likely N-dealkylation sites (tertiary alicyclic amines) is 1. The first-order valence-electron chi connectivity index (χ1n) is 8.68. The van der Waals surface area contributed by atoms with Gasteiger partial charge in [0.15, 0.2) is 0 Å². The second kappa shape index (κ2) is 7.49. The molecule has 0 aliphatic carbocycles. The van der Waals surface area contributed by atoms with Gasteiger partial charge in [0, 0.05) is 25.2 Å². The van der Waals surface area contributed by atoms with Gasteiger partial charge in [0.25, 0.3) is 0 Å². The zero-order valence-electron chi connectivity index (χ0n) is 15.1. The van der Waals surface area contributed by atoms with Crippen molar-refractivity contribution in [1.29, 1.82) is 0 Å². The summed E-state index contributed by atoms with van der Waals surface area (Å²) in [5.41, 5.74) is 1.50. The summed E-state index contributed by atoms with van der Waals surface area (Å²) in [6.07, 6.45) is 3.93. The van der Waals surface area contributed by atoms with Gasteiger partial charge in [-0.15, -0.1) is 0 Å². The predicted octanol–water partition coefficient (Wildman–Crippen LogP) is 3.44. The predicted molar refractivity (Wildman–Crippen MR) is 99.6 cm³/mol. The van der Waals surface area contributed by atoms with Crippen molar-refractivity contribution in [2.75, 3.05) is 18.4 Å². The summed E-state index contributed by atoms with van der Waals surface area (Å²) in [6, 6.07) is 0.367. The molecule has 0 aromatic carbocycles. The third-order valence-corrected chi connectivity index (χ3v) is 4.86. The summed E-state index contributed by atoms with van der Waals surface area (Å²) in [7, 11) is 0. The van der Waals surface area contributed by atoms with Crippen molar-refractivity contribution >= 4 is 23.6 Å². The number of nitrogens with zero attached hydrogens (tertiary/aromatic N) is 5. The molecule has 2 N–H and O–H groups in total. The first kappa shape index (κ1) is 18.4. The Bertz CT molecular complexity index is 799. The lowest BCUT2D eigenvalue weighted by Gasteiger charge is -2.30. The molecule has 1 amide bonds. The minimum atomic E-state index is -0.870. The number of anilines is 1. The quantitative estimate of drug-likeness (QED) is 0.846. The Morgan fingerprint density at radius 3 is 2.62 bits per heavy atom. The fraction of sp³-hybridized carbons (Fsp3) is 0.529. The van der Waals surface area contributed by atoms with Crippen LogP contribution in [0, 0.1) is 6.92 Å². The van der Waals surface area contributed by atoms with Crippen LogP contribution >= 0.6 is 11.6 Å². The molecule has 1 saturated heterocycles. The van der Waals surface area contributed by atoms with Crippen LogP contribution < -0.4 is 5.32 Å². The molecule has 0 saturated carbocycles. The van der Waals surface area contributed by atoms with Gasteiger partial charge in [0.1, 0.15) is 11.5 Å². The molecule has 0 bridgehead atoms. The molecule has 1 aliphatic heterocycles. The second-order valence-electron chi connectivity index (χ2n) is 6.73. The summed E-state index contributed by atoms with van der Waals surface area (Å²) in [5, 5.41) is 12.8. The van der Waals surface area contributed by atoms with E-state index < -0.39 is 6.09 Å². The van der Waals surface area contributed by atoms with E-state index in [1.165, 1.54) is 4.90 Å². The molecular weight excluding hydrogens is 356 g/mol. The van der Waals surface area contributed by atoms with Crippen molar-refractivity contribution in [2.45, 2.75) is 45.7 Å². The van der Waals surface area contributed by atoms with Gasteiger partial charge in [0.05, 0.1) is 23.1 Å². The van der Waals surface area contributed by atoms with Crippen molar-refractivity contribution in [3.8, 4) is 11.4 Å². The number of halogens is 1. The SMILES string of the molecule is Cc1ncc(-c2nc(NC3CCN(C(=O)O)CC3)ncc2Cl)n1C(C)C. The third-order valence-electron chi connectivity index (χ3n) is 4.58. The Hall–Kier alpha value is -2.35. The molecule has 0 atom stereocenters. The lowest BCUT2D eigenvalue weighted by Crippen LogP contribution is -2.41. The number of amides is 1. The Kier molecular flexibility index (Phi) is 5.31. The topological polar surface area (TPSA) is 96.2 Å². The van der Waals surface area contributed by atoms with Crippen molar-refractivity contribution < 1.29 is 9.90 Å². The van der Waals surface area contributed by atoms with Crippen LogP contribution in [0.3, 0.4) is 0 Å². The van der Waals surface area contributed by atoms with E-state index in [4.69, 9.17) is 16.7 Å². The maximum Gasteiger partial charge on any atom is 0.407 e. The average molecular weight is 379 g/mol. The van der Waals surface area contributed by atoms with E-state index in [0.717, 1.165) is 24.4 Å². The number of carbonyl (C=O) groups is 1. The molecule has 9 heteroatoms. The number of carboxylic acid groups (broad SMARTS) is 1. The Morgan fingerprint density at radius 1 is 1.31 bits per heavy atom. The van der Waals surface area contributed by atoms with Crippen molar-refractivity contribution in [3.05, 3.63) is 23.2 Å². The smallest absolute Gasteiger partial charge is 0.407 e. The van der Waals surface area contributed by atoms with Gasteiger partial charge in [-0.1, -0.05) is 11.6 Å². The molecule has 0 unspecified atom stereocenters. The maximum absolute atomic E-state index is 11.0. The summed E-state index contributed by atoms with van der Waals surface area (Å²) < 4.78 is 2.09. The molecule has 2 aromatic rings. The average Bonchev–Trinajstić information content (AvgIpc) is 2.98. The minimum absolute atomic E-state index is 0.136. The van der Waals surface area contributed by atoms with E-state index in [2.05, 4.69) is 38.7 Å². The van der Waals surface area contributed by atoms with Crippen molar-refractivity contribution in [3.63, 3.8) is 0 Å². The largest absolute Gasteiger partial charge is 0.465 e. The van der Waals surface area contributed by atoms with Crippen molar-refractivity contribution in [2.24, 2.45) is 0 Å². The number of aryl methyl sites for hydroxylation is 1. The van der Waals surface area contributed by atoms with E-state index in [-0.39, 0.29) is 12.1 Å². The summed E-state index contributed by atoms with van der Waals surface area (Å²) in [4.78, 5) is 25.7. The fourth-order valence-electron chi connectivity index (χ4n) is 3.29. The van der Waals surface area contributed by atoms with Crippen LogP contribution in [-0.4, -0.2) is 54.8 Å². The maximum atomic E-state index is 11.0. The summed E-state index contributed by atoms with van der Waals surface area (Å²) >= 11 is 6.35. The first-order valence-corrected chi connectivity index (χ1v) is 9.05.